The molecule has 0 spiro atoms. The molecule has 10 nitrogen and oxygen atoms in total. The molecule has 20 heavy (non-hydrogen) atoms. The molecule has 2 N–H and O–H groups in total. The van der Waals surface area contributed by atoms with E-state index in [0.29, 0.717) is 0 Å². The lowest BCUT2D eigenvalue weighted by Gasteiger charge is -2.16. The summed E-state index contributed by atoms with van der Waals surface area (Å²) in [6, 6.07) is 0. The van der Waals surface area contributed by atoms with Crippen LogP contribution in [0.25, 0.3) is 0 Å². The van der Waals surface area contributed by atoms with Crippen molar-refractivity contribution in [1.29, 1.82) is 0 Å². The van der Waals surface area contributed by atoms with Gasteiger partial charge in [-0.3, -0.25) is 4.79 Å². The highest BCUT2D eigenvalue weighted by atomic mass is 17.0. The summed E-state index contributed by atoms with van der Waals surface area (Å²) in [5, 5.41) is 20.4. The van der Waals surface area contributed by atoms with Crippen LogP contribution in [-0.2, 0) is 23.8 Å². The molecular weight excluding hydrogens is 276 g/mol. The van der Waals surface area contributed by atoms with Gasteiger partial charge in [-0.05, 0) is 0 Å². The Morgan fingerprint density at radius 1 is 1.35 bits per heavy atom. The van der Waals surface area contributed by atoms with Crippen molar-refractivity contribution in [3.8, 4) is 0 Å². The molecule has 10 heteroatoms. The second-order valence-corrected chi connectivity index (χ2v) is 4.38. The Morgan fingerprint density at radius 2 is 2.00 bits per heavy atom. The first-order valence-corrected chi connectivity index (χ1v) is 6.15. The molecule has 114 valence electrons. The van der Waals surface area contributed by atoms with E-state index in [9.17, 15) is 14.9 Å². The highest BCUT2D eigenvalue weighted by Gasteiger charge is 2.49. The molecule has 2 fully saturated rings. The molecule has 4 atom stereocenters. The Balaban J connectivity index is 1.71. The van der Waals surface area contributed by atoms with E-state index >= 15 is 0 Å². The molecule has 2 aliphatic heterocycles. The van der Waals surface area contributed by atoms with Gasteiger partial charge in [0.05, 0.1) is 19.8 Å². The number of carbonyl (C=O) groups excluding carboxylic acids is 1. The fraction of sp³-hybridized carbons (Fsp3) is 0.900. The maximum absolute atomic E-state index is 10.8. The van der Waals surface area contributed by atoms with Crippen LogP contribution in [0.15, 0.2) is 0 Å². The summed E-state index contributed by atoms with van der Waals surface area (Å²) in [7, 11) is 0. The van der Waals surface area contributed by atoms with E-state index in [2.05, 4.69) is 10.2 Å². The summed E-state index contributed by atoms with van der Waals surface area (Å²) in [5.74, 6) is -0.481. The van der Waals surface area contributed by atoms with Crippen molar-refractivity contribution < 1.29 is 34.0 Å². The Morgan fingerprint density at radius 3 is 2.65 bits per heavy atom. The van der Waals surface area contributed by atoms with Crippen LogP contribution in [-0.4, -0.2) is 73.5 Å². The van der Waals surface area contributed by atoms with Gasteiger partial charge in [0.25, 0.3) is 5.09 Å². The van der Waals surface area contributed by atoms with E-state index < -0.39 is 35.9 Å². The zero-order chi connectivity index (χ0) is 14.5. The van der Waals surface area contributed by atoms with Gasteiger partial charge < -0.3 is 29.5 Å². The average molecular weight is 292 g/mol. The largest absolute Gasteiger partial charge is 0.387 e. The molecule has 0 unspecified atom stereocenters. The lowest BCUT2D eigenvalue weighted by molar-refractivity contribution is -0.769. The molecular formula is C10H16N2O8. The Labute approximate surface area is 114 Å². The molecule has 0 aromatic rings. The standard InChI is InChI=1S/C10H16N2O8/c13-3-8(14)11-1-2-17-6-4-18-10-7(20-12(15)16)5-19-9(6)10/h6-7,9-10,13H,1-5H2,(H,11,14)/t6-,7+,9+,10+/m0/s1. The number of carbonyl (C=O) groups is 1. The number of ether oxygens (including phenoxy) is 3. The van der Waals surface area contributed by atoms with E-state index in [1.165, 1.54) is 0 Å². The van der Waals surface area contributed by atoms with Gasteiger partial charge in [0.2, 0.25) is 5.91 Å². The Bertz CT molecular complexity index is 365. The molecule has 0 aromatic carbocycles. The van der Waals surface area contributed by atoms with Gasteiger partial charge in [-0.25, -0.2) is 0 Å². The van der Waals surface area contributed by atoms with E-state index in [-0.39, 0.29) is 32.5 Å². The summed E-state index contributed by atoms with van der Waals surface area (Å²) in [6.07, 6.45) is -2.02. The molecule has 0 bridgehead atoms. The Hall–Kier alpha value is -1.49. The van der Waals surface area contributed by atoms with Gasteiger partial charge in [-0.1, -0.05) is 0 Å². The topological polar surface area (TPSA) is 129 Å². The molecule has 0 aliphatic carbocycles. The first-order valence-electron chi connectivity index (χ1n) is 6.15. The van der Waals surface area contributed by atoms with Gasteiger partial charge in [0.15, 0.2) is 6.10 Å². The Kier molecular flexibility index (Phi) is 5.06. The summed E-state index contributed by atoms with van der Waals surface area (Å²) < 4.78 is 16.3. The fourth-order valence-corrected chi connectivity index (χ4v) is 2.23. The quantitative estimate of drug-likeness (QED) is 0.309. The lowest BCUT2D eigenvalue weighted by atomic mass is 10.1. The van der Waals surface area contributed by atoms with Gasteiger partial charge in [-0.15, -0.1) is 10.1 Å². The van der Waals surface area contributed by atoms with E-state index in [1.807, 2.05) is 0 Å². The number of nitrogens with one attached hydrogen (secondary N) is 1. The maximum Gasteiger partial charge on any atom is 0.294 e. The first-order chi connectivity index (χ1) is 9.61. The van der Waals surface area contributed by atoms with Crippen molar-refractivity contribution in [3.63, 3.8) is 0 Å². The number of rotatable bonds is 7. The minimum atomic E-state index is -0.863. The highest BCUT2D eigenvalue weighted by Crippen LogP contribution is 2.30. The number of aliphatic hydroxyl groups excluding tert-OH is 1. The number of amides is 1. The van der Waals surface area contributed by atoms with Crippen LogP contribution < -0.4 is 5.32 Å². The third kappa shape index (κ3) is 3.54. The fourth-order valence-electron chi connectivity index (χ4n) is 2.23. The molecule has 0 radical (unpaired) electrons. The summed E-state index contributed by atoms with van der Waals surface area (Å²) in [6.45, 7) is 0.244. The van der Waals surface area contributed by atoms with Crippen molar-refractivity contribution >= 4 is 5.91 Å². The maximum atomic E-state index is 10.8. The van der Waals surface area contributed by atoms with Gasteiger partial charge in [0.1, 0.15) is 24.9 Å². The molecule has 2 aliphatic rings. The van der Waals surface area contributed by atoms with Crippen LogP contribution in [0, 0.1) is 10.1 Å². The molecule has 1 amide bonds. The predicted molar refractivity (Wildman–Crippen MR) is 61.2 cm³/mol. The SMILES string of the molecule is O=C(CO)NCCO[C@H]1CO[C@H]2[C@@H]1OC[C@H]2O[N+](=O)[O-]. The lowest BCUT2D eigenvalue weighted by Crippen LogP contribution is -2.36. The van der Waals surface area contributed by atoms with Gasteiger partial charge >= 0.3 is 0 Å². The molecule has 2 saturated heterocycles. The molecule has 0 aromatic heterocycles. The minimum absolute atomic E-state index is 0.0808. The predicted octanol–water partition coefficient (Wildman–Crippen LogP) is -2.15. The number of aliphatic hydroxyl groups is 1. The van der Waals surface area contributed by atoms with Crippen LogP contribution in [0.1, 0.15) is 0 Å². The molecule has 0 saturated carbocycles. The van der Waals surface area contributed by atoms with Crippen LogP contribution in [0.3, 0.4) is 0 Å². The number of nitrogens with zero attached hydrogens (tertiary/aromatic N) is 1. The second kappa shape index (κ2) is 6.79. The van der Waals surface area contributed by atoms with Crippen LogP contribution >= 0.6 is 0 Å². The second-order valence-electron chi connectivity index (χ2n) is 4.38. The van der Waals surface area contributed by atoms with E-state index in [1.54, 1.807) is 0 Å². The average Bonchev–Trinajstić information content (AvgIpc) is 2.98. The number of hydrogen-bond acceptors (Lipinski definition) is 8. The van der Waals surface area contributed by atoms with Crippen molar-refractivity contribution in [3.05, 3.63) is 10.1 Å². The first kappa shape index (κ1) is 14.9. The number of fused-ring (bicyclic) bond motifs is 1. The summed E-state index contributed by atoms with van der Waals surface area (Å²) in [5.41, 5.74) is 0. The van der Waals surface area contributed by atoms with Crippen molar-refractivity contribution in [2.75, 3.05) is 33.0 Å². The highest BCUT2D eigenvalue weighted by molar-refractivity contribution is 5.76. The third-order valence-corrected chi connectivity index (χ3v) is 3.08. The normalized spacial score (nSPS) is 31.9. The van der Waals surface area contributed by atoms with Crippen molar-refractivity contribution in [2.24, 2.45) is 0 Å². The van der Waals surface area contributed by atoms with Gasteiger partial charge in [0, 0.05) is 6.54 Å². The van der Waals surface area contributed by atoms with Crippen molar-refractivity contribution in [2.45, 2.75) is 24.4 Å². The smallest absolute Gasteiger partial charge is 0.294 e. The third-order valence-electron chi connectivity index (χ3n) is 3.08. The van der Waals surface area contributed by atoms with E-state index in [0.717, 1.165) is 0 Å². The van der Waals surface area contributed by atoms with E-state index in [4.69, 9.17) is 19.3 Å². The van der Waals surface area contributed by atoms with Crippen LogP contribution in [0.2, 0.25) is 0 Å². The molecule has 2 rings (SSSR count). The summed E-state index contributed by atoms with van der Waals surface area (Å²) >= 11 is 0. The summed E-state index contributed by atoms with van der Waals surface area (Å²) in [4.78, 5) is 25.6. The van der Waals surface area contributed by atoms with Crippen LogP contribution in [0.5, 0.6) is 0 Å². The minimum Gasteiger partial charge on any atom is -0.387 e. The zero-order valence-corrected chi connectivity index (χ0v) is 10.6. The zero-order valence-electron chi connectivity index (χ0n) is 10.6. The van der Waals surface area contributed by atoms with Crippen LogP contribution in [0.4, 0.5) is 0 Å². The number of hydrogen-bond donors (Lipinski definition) is 2. The van der Waals surface area contributed by atoms with Gasteiger partial charge in [-0.2, -0.15) is 0 Å². The molecule has 2 heterocycles. The van der Waals surface area contributed by atoms with Crippen molar-refractivity contribution in [1.82, 2.24) is 5.32 Å². The monoisotopic (exact) mass is 292 g/mol.